The number of carbonyl (C=O) groups excluding carboxylic acids is 2. The van der Waals surface area contributed by atoms with Crippen LogP contribution in [-0.4, -0.2) is 49.3 Å². The van der Waals surface area contributed by atoms with Gasteiger partial charge in [-0.15, -0.1) is 0 Å². The molecule has 0 rings (SSSR count). The maximum atomic E-state index is 12.4. The van der Waals surface area contributed by atoms with Gasteiger partial charge in [0, 0.05) is 19.4 Å². The van der Waals surface area contributed by atoms with Gasteiger partial charge in [-0.1, -0.05) is 125 Å². The standard InChI is InChI=1S/C37H62NO8P/c1-3-5-7-9-11-13-15-17-19-21-23-25-27-29-36(39)43-33-35(34-45-47(41,42)44-32-31-38)46-37(40)30-28-26-24-22-20-18-16-14-12-10-8-6-4-2/h5,7,9,11,13,15,17-20,24,26,35H,3-4,6,8,10,12,14,16,21-23,25,27-34,38H2,1-2H3,(H,41,42)/b7-5+,11-9+,15-13+,19-17+,20-18+,26-24+. The first kappa shape index (κ1) is 44.5. The summed E-state index contributed by atoms with van der Waals surface area (Å²) >= 11 is 0. The molecule has 0 spiro atoms. The van der Waals surface area contributed by atoms with Gasteiger partial charge in [-0.25, -0.2) is 4.57 Å². The highest BCUT2D eigenvalue weighted by molar-refractivity contribution is 7.47. The molecule has 3 N–H and O–H groups in total. The van der Waals surface area contributed by atoms with Gasteiger partial charge in [0.1, 0.15) is 6.61 Å². The van der Waals surface area contributed by atoms with Gasteiger partial charge in [-0.05, 0) is 51.4 Å². The van der Waals surface area contributed by atoms with E-state index in [0.29, 0.717) is 12.8 Å². The molecular formula is C37H62NO8P. The summed E-state index contributed by atoms with van der Waals surface area (Å²) in [6, 6.07) is 0. The van der Waals surface area contributed by atoms with Crippen molar-refractivity contribution >= 4 is 19.8 Å². The van der Waals surface area contributed by atoms with Crippen LogP contribution in [0, 0.1) is 0 Å². The molecule has 0 radical (unpaired) electrons. The van der Waals surface area contributed by atoms with Crippen LogP contribution >= 0.6 is 7.82 Å². The third-order valence-corrected chi connectivity index (χ3v) is 7.67. The number of unbranched alkanes of at least 4 members (excludes halogenated alkanes) is 9. The van der Waals surface area contributed by atoms with Crippen LogP contribution in [-0.2, 0) is 32.7 Å². The lowest BCUT2D eigenvalue weighted by molar-refractivity contribution is -0.161. The number of hydrogen-bond acceptors (Lipinski definition) is 8. The zero-order valence-electron chi connectivity index (χ0n) is 29.0. The van der Waals surface area contributed by atoms with Crippen LogP contribution in [0.5, 0.6) is 0 Å². The Bertz CT molecular complexity index is 1000. The van der Waals surface area contributed by atoms with Gasteiger partial charge >= 0.3 is 19.8 Å². The minimum atomic E-state index is -4.39. The van der Waals surface area contributed by atoms with Crippen LogP contribution in [0.3, 0.4) is 0 Å². The van der Waals surface area contributed by atoms with Crippen molar-refractivity contribution in [2.24, 2.45) is 5.73 Å². The van der Waals surface area contributed by atoms with Crippen LogP contribution in [0.2, 0.25) is 0 Å². The summed E-state index contributed by atoms with van der Waals surface area (Å²) in [5.41, 5.74) is 5.31. The number of hydrogen-bond donors (Lipinski definition) is 2. The fraction of sp³-hybridized carbons (Fsp3) is 0.622. The number of carbonyl (C=O) groups is 2. The van der Waals surface area contributed by atoms with Crippen molar-refractivity contribution in [2.45, 2.75) is 123 Å². The first-order valence-corrected chi connectivity index (χ1v) is 19.0. The summed E-state index contributed by atoms with van der Waals surface area (Å²) in [6.07, 6.45) is 38.1. The maximum Gasteiger partial charge on any atom is 0.472 e. The summed E-state index contributed by atoms with van der Waals surface area (Å²) in [4.78, 5) is 34.5. The molecule has 0 saturated carbocycles. The Kier molecular flexibility index (Phi) is 31.5. The summed E-state index contributed by atoms with van der Waals surface area (Å²) in [5, 5.41) is 0. The lowest BCUT2D eigenvalue weighted by Crippen LogP contribution is -2.29. The highest BCUT2D eigenvalue weighted by atomic mass is 31.2. The van der Waals surface area contributed by atoms with Gasteiger partial charge < -0.3 is 20.1 Å². The molecule has 9 nitrogen and oxygen atoms in total. The van der Waals surface area contributed by atoms with E-state index in [0.717, 1.165) is 38.5 Å². The fourth-order valence-corrected chi connectivity index (χ4v) is 4.87. The minimum Gasteiger partial charge on any atom is -0.462 e. The fourth-order valence-electron chi connectivity index (χ4n) is 4.11. The summed E-state index contributed by atoms with van der Waals surface area (Å²) < 4.78 is 32.4. The monoisotopic (exact) mass is 679 g/mol. The SMILES string of the molecule is CC/C=C/C=C/C=C/C=C/CCCCCC(=O)OCC(COP(=O)(O)OCCN)OC(=O)CC/C=C/C/C=C/CCCCCCCC. The summed E-state index contributed by atoms with van der Waals surface area (Å²) in [5.74, 6) is -0.965. The maximum absolute atomic E-state index is 12.4. The van der Waals surface area contributed by atoms with Crippen molar-refractivity contribution in [3.05, 3.63) is 72.9 Å². The number of nitrogens with two attached hydrogens (primary N) is 1. The molecule has 2 atom stereocenters. The third-order valence-electron chi connectivity index (χ3n) is 6.68. The predicted octanol–water partition coefficient (Wildman–Crippen LogP) is 9.15. The molecule has 0 heterocycles. The van der Waals surface area contributed by atoms with Crippen molar-refractivity contribution in [3.63, 3.8) is 0 Å². The Labute approximate surface area is 284 Å². The predicted molar refractivity (Wildman–Crippen MR) is 192 cm³/mol. The third kappa shape index (κ3) is 33.2. The molecule has 0 aromatic heterocycles. The zero-order valence-corrected chi connectivity index (χ0v) is 29.9. The second-order valence-corrected chi connectivity index (χ2v) is 12.5. The highest BCUT2D eigenvalue weighted by Gasteiger charge is 2.25. The number of rotatable bonds is 31. The smallest absolute Gasteiger partial charge is 0.462 e. The number of phosphoric acid groups is 1. The van der Waals surface area contributed by atoms with E-state index in [9.17, 15) is 19.0 Å². The van der Waals surface area contributed by atoms with Crippen LogP contribution < -0.4 is 5.73 Å². The molecule has 0 aliphatic rings. The van der Waals surface area contributed by atoms with Gasteiger partial charge in [0.15, 0.2) is 6.10 Å². The zero-order chi connectivity index (χ0) is 34.7. The Balaban J connectivity index is 4.45. The molecule has 47 heavy (non-hydrogen) atoms. The van der Waals surface area contributed by atoms with Crippen LogP contribution in [0.25, 0.3) is 0 Å². The Morgan fingerprint density at radius 1 is 0.681 bits per heavy atom. The van der Waals surface area contributed by atoms with Crippen molar-refractivity contribution in [1.82, 2.24) is 0 Å². The summed E-state index contributed by atoms with van der Waals surface area (Å²) in [6.45, 7) is 3.42. The Hall–Kier alpha value is -2.55. The second kappa shape index (κ2) is 33.4. The van der Waals surface area contributed by atoms with E-state index in [4.69, 9.17) is 24.3 Å². The van der Waals surface area contributed by atoms with Crippen LogP contribution in [0.15, 0.2) is 72.9 Å². The number of ether oxygens (including phenoxy) is 2. The van der Waals surface area contributed by atoms with Gasteiger partial charge in [-0.3, -0.25) is 18.6 Å². The van der Waals surface area contributed by atoms with E-state index in [1.807, 2.05) is 48.6 Å². The van der Waals surface area contributed by atoms with E-state index in [-0.39, 0.29) is 32.6 Å². The van der Waals surface area contributed by atoms with Gasteiger partial charge in [0.05, 0.1) is 13.2 Å². The van der Waals surface area contributed by atoms with E-state index in [1.54, 1.807) is 0 Å². The first-order valence-electron chi connectivity index (χ1n) is 17.5. The van der Waals surface area contributed by atoms with Crippen LogP contribution in [0.1, 0.15) is 117 Å². The number of allylic oxidation sites excluding steroid dienone is 12. The molecule has 0 bridgehead atoms. The van der Waals surface area contributed by atoms with Gasteiger partial charge in [0.25, 0.3) is 0 Å². The Morgan fingerprint density at radius 2 is 1.30 bits per heavy atom. The quantitative estimate of drug-likeness (QED) is 0.0242. The lowest BCUT2D eigenvalue weighted by Gasteiger charge is -2.19. The molecule has 0 aromatic carbocycles. The molecule has 0 aliphatic heterocycles. The molecule has 0 saturated heterocycles. The van der Waals surface area contributed by atoms with E-state index in [1.165, 1.54) is 38.5 Å². The van der Waals surface area contributed by atoms with E-state index >= 15 is 0 Å². The van der Waals surface area contributed by atoms with Crippen molar-refractivity contribution in [1.29, 1.82) is 0 Å². The minimum absolute atomic E-state index is 0.0362. The molecular weight excluding hydrogens is 617 g/mol. The highest BCUT2D eigenvalue weighted by Crippen LogP contribution is 2.43. The number of phosphoric ester groups is 1. The lowest BCUT2D eigenvalue weighted by atomic mass is 10.1. The molecule has 0 aromatic rings. The van der Waals surface area contributed by atoms with Crippen molar-refractivity contribution in [3.8, 4) is 0 Å². The topological polar surface area (TPSA) is 134 Å². The van der Waals surface area contributed by atoms with Gasteiger partial charge in [0.2, 0.25) is 0 Å². The molecule has 0 aliphatic carbocycles. The molecule has 0 amide bonds. The van der Waals surface area contributed by atoms with Crippen molar-refractivity contribution in [2.75, 3.05) is 26.4 Å². The number of esters is 2. The van der Waals surface area contributed by atoms with E-state index < -0.39 is 32.5 Å². The average molecular weight is 680 g/mol. The molecule has 0 fully saturated rings. The molecule has 2 unspecified atom stereocenters. The van der Waals surface area contributed by atoms with Gasteiger partial charge in [-0.2, -0.15) is 0 Å². The first-order chi connectivity index (χ1) is 22.8. The second-order valence-electron chi connectivity index (χ2n) is 11.1. The molecule has 10 heteroatoms. The largest absolute Gasteiger partial charge is 0.472 e. The summed E-state index contributed by atoms with van der Waals surface area (Å²) in [7, 11) is -4.39. The normalized spacial score (nSPS) is 14.4. The van der Waals surface area contributed by atoms with Crippen LogP contribution in [0.4, 0.5) is 0 Å². The average Bonchev–Trinajstić information content (AvgIpc) is 3.05. The Morgan fingerprint density at radius 3 is 2.00 bits per heavy atom. The van der Waals surface area contributed by atoms with Crippen molar-refractivity contribution < 1.29 is 37.6 Å². The molecule has 268 valence electrons. The van der Waals surface area contributed by atoms with E-state index in [2.05, 4.69) is 38.2 Å².